The number of rotatable bonds is 4. The van der Waals surface area contributed by atoms with Crippen molar-refractivity contribution in [2.24, 2.45) is 0 Å². The van der Waals surface area contributed by atoms with Gasteiger partial charge in [-0.2, -0.15) is 5.10 Å². The number of nitrogens with one attached hydrogen (secondary N) is 1. The zero-order valence-electron chi connectivity index (χ0n) is 9.51. The van der Waals surface area contributed by atoms with Crippen molar-refractivity contribution >= 4 is 22.6 Å². The third-order valence-corrected chi connectivity index (χ3v) is 2.28. The highest BCUT2D eigenvalue weighted by Gasteiger charge is 2.05. The highest BCUT2D eigenvalue weighted by Crippen LogP contribution is 2.18. The van der Waals surface area contributed by atoms with Gasteiger partial charge in [0.1, 0.15) is 6.54 Å². The number of nitrogens with zero attached hydrogens (tertiary/aromatic N) is 2. The molecule has 1 N–H and O–H groups in total. The molecule has 0 saturated carbocycles. The van der Waals surface area contributed by atoms with Gasteiger partial charge in [-0.1, -0.05) is 24.3 Å². The fraction of sp³-hybridized carbons (Fsp3) is 0.250. The van der Waals surface area contributed by atoms with E-state index in [0.29, 0.717) is 12.4 Å². The number of aromatic nitrogens is 2. The van der Waals surface area contributed by atoms with Crippen LogP contribution < -0.4 is 5.32 Å². The maximum atomic E-state index is 11.2. The average Bonchev–Trinajstić information content (AvgIpc) is 2.36. The molecule has 0 aliphatic heterocycles. The van der Waals surface area contributed by atoms with E-state index in [1.807, 2.05) is 24.3 Å². The number of carbonyl (C=O) groups excluding carboxylic acids is 1. The van der Waals surface area contributed by atoms with E-state index in [9.17, 15) is 4.79 Å². The Labute approximate surface area is 98.8 Å². The van der Waals surface area contributed by atoms with Crippen LogP contribution in [0.5, 0.6) is 0 Å². The van der Waals surface area contributed by atoms with Gasteiger partial charge in [0.15, 0.2) is 5.82 Å². The summed E-state index contributed by atoms with van der Waals surface area (Å²) in [7, 11) is 0. The molecule has 0 unspecified atom stereocenters. The summed E-state index contributed by atoms with van der Waals surface area (Å²) in [5.41, 5.74) is 0. The molecule has 88 valence electrons. The van der Waals surface area contributed by atoms with E-state index in [-0.39, 0.29) is 12.5 Å². The predicted molar refractivity (Wildman–Crippen MR) is 64.7 cm³/mol. The number of hydrogen-bond acceptors (Lipinski definition) is 5. The molecule has 0 saturated heterocycles. The SMILES string of the molecule is CCOC(=O)CNc1nncc2ccccc12. The van der Waals surface area contributed by atoms with Gasteiger partial charge in [-0.25, -0.2) is 0 Å². The lowest BCUT2D eigenvalue weighted by Gasteiger charge is -2.06. The summed E-state index contributed by atoms with van der Waals surface area (Å²) >= 11 is 0. The van der Waals surface area contributed by atoms with E-state index in [0.717, 1.165) is 10.8 Å². The molecule has 0 amide bonds. The zero-order chi connectivity index (χ0) is 12.1. The van der Waals surface area contributed by atoms with Crippen LogP contribution in [0, 0.1) is 0 Å². The molecular formula is C12H13N3O2. The summed E-state index contributed by atoms with van der Waals surface area (Å²) in [6.45, 7) is 2.24. The van der Waals surface area contributed by atoms with Gasteiger partial charge in [0.2, 0.25) is 0 Å². The van der Waals surface area contributed by atoms with Gasteiger partial charge in [-0.3, -0.25) is 4.79 Å². The Morgan fingerprint density at radius 2 is 2.24 bits per heavy atom. The number of esters is 1. The fourth-order valence-electron chi connectivity index (χ4n) is 1.53. The minimum absolute atomic E-state index is 0.0938. The molecule has 1 aromatic heterocycles. The smallest absolute Gasteiger partial charge is 0.325 e. The van der Waals surface area contributed by atoms with E-state index in [2.05, 4.69) is 15.5 Å². The number of benzene rings is 1. The van der Waals surface area contributed by atoms with Crippen molar-refractivity contribution < 1.29 is 9.53 Å². The number of hydrogen-bond donors (Lipinski definition) is 1. The quantitative estimate of drug-likeness (QED) is 0.810. The third-order valence-electron chi connectivity index (χ3n) is 2.28. The van der Waals surface area contributed by atoms with Crippen LogP contribution in [0.2, 0.25) is 0 Å². The molecule has 2 aromatic rings. The van der Waals surface area contributed by atoms with Crippen LogP contribution in [0.4, 0.5) is 5.82 Å². The largest absolute Gasteiger partial charge is 0.465 e. The van der Waals surface area contributed by atoms with Crippen molar-refractivity contribution in [1.82, 2.24) is 10.2 Å². The van der Waals surface area contributed by atoms with Gasteiger partial charge in [-0.05, 0) is 6.92 Å². The predicted octanol–water partition coefficient (Wildman–Crippen LogP) is 1.60. The maximum absolute atomic E-state index is 11.2. The standard InChI is InChI=1S/C12H13N3O2/c1-2-17-11(16)8-13-12-10-6-4-3-5-9(10)7-14-15-12/h3-7H,2,8H2,1H3,(H,13,15). The second kappa shape index (κ2) is 5.25. The van der Waals surface area contributed by atoms with Crippen LogP contribution >= 0.6 is 0 Å². The Bertz CT molecular complexity index is 523. The van der Waals surface area contributed by atoms with E-state index in [4.69, 9.17) is 4.74 Å². The highest BCUT2D eigenvalue weighted by molar-refractivity contribution is 5.91. The summed E-state index contributed by atoms with van der Waals surface area (Å²) in [5, 5.41) is 12.7. The Balaban J connectivity index is 2.16. The second-order valence-corrected chi connectivity index (χ2v) is 3.44. The molecule has 0 fully saturated rings. The molecule has 5 nitrogen and oxygen atoms in total. The van der Waals surface area contributed by atoms with E-state index in [1.54, 1.807) is 13.1 Å². The van der Waals surface area contributed by atoms with Gasteiger partial charge in [0.25, 0.3) is 0 Å². The summed E-state index contributed by atoms with van der Waals surface area (Å²) in [5.74, 6) is 0.290. The van der Waals surface area contributed by atoms with Crippen molar-refractivity contribution in [1.29, 1.82) is 0 Å². The molecule has 17 heavy (non-hydrogen) atoms. The maximum Gasteiger partial charge on any atom is 0.325 e. The number of anilines is 1. The first-order valence-corrected chi connectivity index (χ1v) is 5.41. The molecule has 0 radical (unpaired) electrons. The van der Waals surface area contributed by atoms with Gasteiger partial charge >= 0.3 is 5.97 Å². The molecule has 0 bridgehead atoms. The molecule has 2 rings (SSSR count). The van der Waals surface area contributed by atoms with Crippen LogP contribution in [0.3, 0.4) is 0 Å². The molecule has 5 heteroatoms. The van der Waals surface area contributed by atoms with E-state index >= 15 is 0 Å². The van der Waals surface area contributed by atoms with Crippen LogP contribution in [0.15, 0.2) is 30.5 Å². The van der Waals surface area contributed by atoms with Crippen molar-refractivity contribution in [2.75, 3.05) is 18.5 Å². The first-order chi connectivity index (χ1) is 8.31. The Hall–Kier alpha value is -2.17. The van der Waals surface area contributed by atoms with Gasteiger partial charge in [0.05, 0.1) is 12.8 Å². The topological polar surface area (TPSA) is 64.1 Å². The minimum atomic E-state index is -0.303. The summed E-state index contributed by atoms with van der Waals surface area (Å²) in [4.78, 5) is 11.2. The summed E-state index contributed by atoms with van der Waals surface area (Å²) in [6.07, 6.45) is 1.69. The van der Waals surface area contributed by atoms with Crippen molar-refractivity contribution in [3.05, 3.63) is 30.5 Å². The van der Waals surface area contributed by atoms with Gasteiger partial charge in [0, 0.05) is 10.8 Å². The average molecular weight is 231 g/mol. The normalized spacial score (nSPS) is 10.2. The summed E-state index contributed by atoms with van der Waals surface area (Å²) in [6, 6.07) is 7.72. The van der Waals surface area contributed by atoms with E-state index in [1.165, 1.54) is 0 Å². The molecule has 0 spiro atoms. The molecular weight excluding hydrogens is 218 g/mol. The molecule has 0 atom stereocenters. The second-order valence-electron chi connectivity index (χ2n) is 3.44. The lowest BCUT2D eigenvalue weighted by Crippen LogP contribution is -2.17. The Morgan fingerprint density at radius 1 is 1.41 bits per heavy atom. The number of ether oxygens (including phenoxy) is 1. The molecule has 1 heterocycles. The lowest BCUT2D eigenvalue weighted by molar-refractivity contribution is -0.140. The Morgan fingerprint density at radius 3 is 3.06 bits per heavy atom. The van der Waals surface area contributed by atoms with Crippen molar-refractivity contribution in [2.45, 2.75) is 6.92 Å². The number of fused-ring (bicyclic) bond motifs is 1. The van der Waals surface area contributed by atoms with Crippen LogP contribution in [0.25, 0.3) is 10.8 Å². The van der Waals surface area contributed by atoms with Crippen molar-refractivity contribution in [3.63, 3.8) is 0 Å². The van der Waals surface area contributed by atoms with Crippen LogP contribution in [-0.2, 0) is 9.53 Å². The first kappa shape index (κ1) is 11.3. The molecule has 0 aliphatic carbocycles. The molecule has 0 aliphatic rings. The zero-order valence-corrected chi connectivity index (χ0v) is 9.51. The molecule has 1 aromatic carbocycles. The monoisotopic (exact) mass is 231 g/mol. The van der Waals surface area contributed by atoms with Crippen LogP contribution in [0.1, 0.15) is 6.92 Å². The first-order valence-electron chi connectivity index (χ1n) is 5.41. The fourth-order valence-corrected chi connectivity index (χ4v) is 1.53. The van der Waals surface area contributed by atoms with Gasteiger partial charge < -0.3 is 10.1 Å². The van der Waals surface area contributed by atoms with E-state index < -0.39 is 0 Å². The summed E-state index contributed by atoms with van der Waals surface area (Å²) < 4.78 is 4.83. The van der Waals surface area contributed by atoms with Crippen LogP contribution in [-0.4, -0.2) is 29.3 Å². The number of carbonyl (C=O) groups is 1. The third kappa shape index (κ3) is 2.69. The van der Waals surface area contributed by atoms with Gasteiger partial charge in [-0.15, -0.1) is 5.10 Å². The Kier molecular flexibility index (Phi) is 3.49. The minimum Gasteiger partial charge on any atom is -0.465 e. The highest BCUT2D eigenvalue weighted by atomic mass is 16.5. The lowest BCUT2D eigenvalue weighted by atomic mass is 10.2. The van der Waals surface area contributed by atoms with Crippen molar-refractivity contribution in [3.8, 4) is 0 Å².